The van der Waals surface area contributed by atoms with E-state index in [0.29, 0.717) is 21.6 Å². The summed E-state index contributed by atoms with van der Waals surface area (Å²) in [5.74, 6) is -0.135. The zero-order valence-corrected chi connectivity index (χ0v) is 18.5. The average molecular weight is 478 g/mol. The van der Waals surface area contributed by atoms with Crippen molar-refractivity contribution in [2.24, 2.45) is 5.10 Å². The fourth-order valence-electron chi connectivity index (χ4n) is 3.45. The minimum atomic E-state index is -4.08. The van der Waals surface area contributed by atoms with Crippen LogP contribution >= 0.6 is 11.6 Å². The second-order valence-corrected chi connectivity index (χ2v) is 9.49. The number of phenolic OH excluding ortho intramolecular Hbond substituents is 1. The third-order valence-corrected chi connectivity index (χ3v) is 7.16. The van der Waals surface area contributed by atoms with Crippen LogP contribution in [0.4, 0.5) is 5.82 Å². The Morgan fingerprint density at radius 1 is 0.939 bits per heavy atom. The summed E-state index contributed by atoms with van der Waals surface area (Å²) >= 11 is 5.93. The predicted molar refractivity (Wildman–Crippen MR) is 127 cm³/mol. The van der Waals surface area contributed by atoms with Gasteiger partial charge in [0.05, 0.1) is 22.1 Å². The van der Waals surface area contributed by atoms with E-state index in [0.717, 1.165) is 0 Å². The standard InChI is InChI=1S/C23H16ClN5O3S/c24-15-9-11-16(12-10-15)33(31,32)21-20-23(28-18-7-3-2-6-17(18)27-20)29(22(21)25)26-13-14-5-1-4-8-19(14)30/h1-13,30H,25H2. The first-order chi connectivity index (χ1) is 15.9. The number of fused-ring (bicyclic) bond motifs is 2. The Balaban J connectivity index is 1.81. The summed E-state index contributed by atoms with van der Waals surface area (Å²) in [7, 11) is -4.08. The van der Waals surface area contributed by atoms with Crippen molar-refractivity contribution in [2.45, 2.75) is 9.79 Å². The minimum Gasteiger partial charge on any atom is -0.507 e. The number of hydrogen-bond acceptors (Lipinski definition) is 7. The molecule has 0 unspecified atom stereocenters. The number of hydrogen-bond donors (Lipinski definition) is 2. The number of aromatic nitrogens is 3. The van der Waals surface area contributed by atoms with E-state index in [9.17, 15) is 13.5 Å². The van der Waals surface area contributed by atoms with Crippen LogP contribution in [0.1, 0.15) is 5.56 Å². The lowest BCUT2D eigenvalue weighted by atomic mass is 10.2. The lowest BCUT2D eigenvalue weighted by molar-refractivity contribution is 0.474. The maximum absolute atomic E-state index is 13.6. The zero-order chi connectivity index (χ0) is 23.2. The van der Waals surface area contributed by atoms with Crippen LogP contribution in [-0.4, -0.2) is 34.4 Å². The van der Waals surface area contributed by atoms with Gasteiger partial charge < -0.3 is 10.8 Å². The minimum absolute atomic E-state index is 0.0114. The molecule has 0 aliphatic rings. The van der Waals surface area contributed by atoms with Gasteiger partial charge in [-0.15, -0.1) is 0 Å². The van der Waals surface area contributed by atoms with Crippen LogP contribution in [0.15, 0.2) is 87.7 Å². The van der Waals surface area contributed by atoms with E-state index in [4.69, 9.17) is 17.3 Å². The smallest absolute Gasteiger partial charge is 0.212 e. The van der Waals surface area contributed by atoms with Gasteiger partial charge in [0, 0.05) is 10.6 Å². The number of phenols is 1. The van der Waals surface area contributed by atoms with Crippen molar-refractivity contribution in [3.05, 3.63) is 83.4 Å². The first-order valence-electron chi connectivity index (χ1n) is 9.76. The van der Waals surface area contributed by atoms with Gasteiger partial charge in [-0.05, 0) is 48.5 Å². The lowest BCUT2D eigenvalue weighted by Crippen LogP contribution is -2.06. The second kappa shape index (κ2) is 7.88. The molecule has 0 aliphatic carbocycles. The molecule has 0 spiro atoms. The molecule has 2 aromatic heterocycles. The maximum Gasteiger partial charge on any atom is 0.212 e. The maximum atomic E-state index is 13.6. The summed E-state index contributed by atoms with van der Waals surface area (Å²) in [5.41, 5.74) is 8.09. The van der Waals surface area contributed by atoms with E-state index >= 15 is 0 Å². The molecule has 5 rings (SSSR count). The summed E-state index contributed by atoms with van der Waals surface area (Å²) in [4.78, 5) is 8.93. The van der Waals surface area contributed by atoms with E-state index < -0.39 is 9.84 Å². The van der Waals surface area contributed by atoms with Crippen LogP contribution in [0.3, 0.4) is 0 Å². The van der Waals surface area contributed by atoms with Crippen molar-refractivity contribution >= 4 is 55.7 Å². The highest BCUT2D eigenvalue weighted by atomic mass is 35.5. The fraction of sp³-hybridized carbons (Fsp3) is 0. The van der Waals surface area contributed by atoms with Gasteiger partial charge in [-0.2, -0.15) is 9.78 Å². The largest absolute Gasteiger partial charge is 0.507 e. The fourth-order valence-corrected chi connectivity index (χ4v) is 5.06. The molecule has 0 fully saturated rings. The number of aromatic hydroxyl groups is 1. The summed E-state index contributed by atoms with van der Waals surface area (Å²) in [5, 5.41) is 14.8. The van der Waals surface area contributed by atoms with Crippen LogP contribution in [0, 0.1) is 0 Å². The highest BCUT2D eigenvalue weighted by molar-refractivity contribution is 7.92. The molecule has 164 valence electrons. The number of nitrogens with zero attached hydrogens (tertiary/aromatic N) is 4. The Bertz CT molecular complexity index is 1660. The third-order valence-electron chi connectivity index (χ3n) is 5.07. The molecule has 0 aliphatic heterocycles. The summed E-state index contributed by atoms with van der Waals surface area (Å²) < 4.78 is 28.3. The zero-order valence-electron chi connectivity index (χ0n) is 16.9. The summed E-state index contributed by atoms with van der Waals surface area (Å²) in [6.07, 6.45) is 1.38. The Labute approximate surface area is 193 Å². The van der Waals surface area contributed by atoms with E-state index in [1.165, 1.54) is 41.2 Å². The van der Waals surface area contributed by atoms with Crippen LogP contribution < -0.4 is 5.73 Å². The van der Waals surface area contributed by atoms with Crippen molar-refractivity contribution in [2.75, 3.05) is 5.73 Å². The van der Waals surface area contributed by atoms with Gasteiger partial charge in [0.1, 0.15) is 22.0 Å². The van der Waals surface area contributed by atoms with Gasteiger partial charge in [0.2, 0.25) is 9.84 Å². The molecule has 0 atom stereocenters. The van der Waals surface area contributed by atoms with Gasteiger partial charge in [0.25, 0.3) is 0 Å². The van der Waals surface area contributed by atoms with Gasteiger partial charge in [-0.3, -0.25) is 0 Å². The van der Waals surface area contributed by atoms with E-state index in [-0.39, 0.29) is 32.5 Å². The molecule has 0 saturated heterocycles. The lowest BCUT2D eigenvalue weighted by Gasteiger charge is -2.05. The average Bonchev–Trinajstić information content (AvgIpc) is 3.08. The quantitative estimate of drug-likeness (QED) is 0.373. The number of para-hydroxylation sites is 3. The molecule has 8 nitrogen and oxygen atoms in total. The molecule has 0 saturated carbocycles. The monoisotopic (exact) mass is 477 g/mol. The normalized spacial score (nSPS) is 12.2. The van der Waals surface area contributed by atoms with Gasteiger partial charge in [-0.1, -0.05) is 35.9 Å². The number of nitrogens with two attached hydrogens (primary N) is 1. The summed E-state index contributed by atoms with van der Waals surface area (Å²) in [6, 6.07) is 19.5. The third kappa shape index (κ3) is 3.57. The first-order valence-corrected chi connectivity index (χ1v) is 11.6. The van der Waals surface area contributed by atoms with Crippen LogP contribution in [-0.2, 0) is 9.84 Å². The Morgan fingerprint density at radius 2 is 1.58 bits per heavy atom. The molecule has 3 aromatic carbocycles. The second-order valence-electron chi connectivity index (χ2n) is 7.17. The van der Waals surface area contributed by atoms with Crippen LogP contribution in [0.2, 0.25) is 5.02 Å². The molecule has 0 amide bonds. The Morgan fingerprint density at radius 3 is 2.27 bits per heavy atom. The number of rotatable bonds is 4. The number of sulfone groups is 1. The van der Waals surface area contributed by atoms with Crippen molar-refractivity contribution < 1.29 is 13.5 Å². The SMILES string of the molecule is Nc1c(S(=O)(=O)c2ccc(Cl)cc2)c2nc3ccccc3nc2n1N=Cc1ccccc1O. The highest BCUT2D eigenvalue weighted by Crippen LogP contribution is 2.35. The number of nitrogen functional groups attached to an aromatic ring is 1. The molecule has 33 heavy (non-hydrogen) atoms. The number of halogens is 1. The summed E-state index contributed by atoms with van der Waals surface area (Å²) in [6.45, 7) is 0. The van der Waals surface area contributed by atoms with Crippen molar-refractivity contribution in [1.82, 2.24) is 14.6 Å². The Hall–Kier alpha value is -3.95. The van der Waals surface area contributed by atoms with Crippen molar-refractivity contribution in [3.8, 4) is 5.75 Å². The van der Waals surface area contributed by atoms with Crippen LogP contribution in [0.5, 0.6) is 5.75 Å². The van der Waals surface area contributed by atoms with Gasteiger partial charge >= 0.3 is 0 Å². The van der Waals surface area contributed by atoms with Crippen molar-refractivity contribution in [3.63, 3.8) is 0 Å². The number of benzene rings is 3. The molecule has 5 aromatic rings. The molecule has 2 heterocycles. The van der Waals surface area contributed by atoms with Gasteiger partial charge in [0.15, 0.2) is 5.65 Å². The number of anilines is 1. The van der Waals surface area contributed by atoms with Crippen LogP contribution in [0.25, 0.3) is 22.2 Å². The predicted octanol–water partition coefficient (Wildman–Crippen LogP) is 4.24. The van der Waals surface area contributed by atoms with E-state index in [1.807, 2.05) is 0 Å². The molecule has 10 heteroatoms. The van der Waals surface area contributed by atoms with E-state index in [2.05, 4.69) is 15.1 Å². The molecular formula is C23H16ClN5O3S. The van der Waals surface area contributed by atoms with Gasteiger partial charge in [-0.25, -0.2) is 18.4 Å². The molecular weight excluding hydrogens is 462 g/mol. The van der Waals surface area contributed by atoms with E-state index in [1.54, 1.807) is 42.5 Å². The van der Waals surface area contributed by atoms with Crippen molar-refractivity contribution in [1.29, 1.82) is 0 Å². The molecule has 3 N–H and O–H groups in total. The first kappa shape index (κ1) is 20.9. The molecule has 0 radical (unpaired) electrons. The Kier molecular flexibility index (Phi) is 4.99. The topological polar surface area (TPSA) is 123 Å². The molecule has 0 bridgehead atoms. The highest BCUT2D eigenvalue weighted by Gasteiger charge is 2.30.